The number of nitrogens with zero attached hydrogens (tertiary/aromatic N) is 2. The minimum absolute atomic E-state index is 0.000399. The van der Waals surface area contributed by atoms with Crippen LogP contribution in [0.5, 0.6) is 5.75 Å². The zero-order valence-electron chi connectivity index (χ0n) is 16.1. The molecule has 1 fully saturated rings. The van der Waals surface area contributed by atoms with Gasteiger partial charge in [0, 0.05) is 12.1 Å². The smallest absolute Gasteiger partial charge is 0.418 e. The third-order valence-corrected chi connectivity index (χ3v) is 5.16. The first kappa shape index (κ1) is 20.7. The van der Waals surface area contributed by atoms with Crippen LogP contribution in [-0.2, 0) is 12.9 Å². The Kier molecular flexibility index (Phi) is 5.26. The summed E-state index contributed by atoms with van der Waals surface area (Å²) in [6.45, 7) is 5.02. The van der Waals surface area contributed by atoms with E-state index in [1.54, 1.807) is 6.92 Å². The summed E-state index contributed by atoms with van der Waals surface area (Å²) in [5.74, 6) is 0.328. The lowest BCUT2D eigenvalue weighted by molar-refractivity contribution is -0.136. The second-order valence-electron chi connectivity index (χ2n) is 8.15. The molecule has 9 heteroatoms. The van der Waals surface area contributed by atoms with Gasteiger partial charge in [-0.2, -0.15) is 13.2 Å². The number of fused-ring (bicyclic) bond motifs is 1. The Hall–Kier alpha value is -2.00. The molecule has 0 saturated heterocycles. The number of hydrogen-bond donors (Lipinski definition) is 2. The van der Waals surface area contributed by atoms with Crippen LogP contribution in [0.25, 0.3) is 11.0 Å². The maximum Gasteiger partial charge on any atom is 0.418 e. The molecule has 1 aromatic heterocycles. The minimum atomic E-state index is -4.71. The normalized spacial score (nSPS) is 22.7. The summed E-state index contributed by atoms with van der Waals surface area (Å²) in [5, 5.41) is 19.6. The predicted octanol–water partition coefficient (Wildman–Crippen LogP) is 3.28. The Labute approximate surface area is 160 Å². The quantitative estimate of drug-likeness (QED) is 0.778. The molecule has 1 heterocycles. The summed E-state index contributed by atoms with van der Waals surface area (Å²) in [4.78, 5) is 12.7. The molecular formula is C19H25F3N2O4. The molecule has 1 saturated carbocycles. The Morgan fingerprint density at radius 2 is 1.96 bits per heavy atom. The van der Waals surface area contributed by atoms with Gasteiger partial charge in [-0.1, -0.05) is 13.8 Å². The van der Waals surface area contributed by atoms with Crippen molar-refractivity contribution in [2.45, 2.75) is 64.6 Å². The second kappa shape index (κ2) is 7.11. The number of ether oxygens (including phenoxy) is 1. The van der Waals surface area contributed by atoms with Crippen LogP contribution < -0.4 is 10.4 Å². The molecule has 28 heavy (non-hydrogen) atoms. The van der Waals surface area contributed by atoms with E-state index in [9.17, 15) is 28.2 Å². The molecular weight excluding hydrogens is 377 g/mol. The lowest BCUT2D eigenvalue weighted by Gasteiger charge is -2.41. The van der Waals surface area contributed by atoms with E-state index in [2.05, 4.69) is 0 Å². The van der Waals surface area contributed by atoms with Gasteiger partial charge in [-0.05, 0) is 38.2 Å². The molecule has 0 unspecified atom stereocenters. The molecule has 0 amide bonds. The average Bonchev–Trinajstić information content (AvgIpc) is 2.81. The highest BCUT2D eigenvalue weighted by atomic mass is 19.4. The van der Waals surface area contributed by atoms with Crippen LogP contribution in [0.4, 0.5) is 13.2 Å². The molecule has 0 aliphatic heterocycles. The number of hydrogen-bond acceptors (Lipinski definition) is 4. The molecule has 2 N–H and O–H groups in total. The van der Waals surface area contributed by atoms with Crippen molar-refractivity contribution in [1.29, 1.82) is 0 Å². The number of imidazole rings is 1. The summed E-state index contributed by atoms with van der Waals surface area (Å²) in [7, 11) is 0. The Balaban J connectivity index is 2.17. The highest BCUT2D eigenvalue weighted by Gasteiger charge is 2.43. The van der Waals surface area contributed by atoms with Crippen LogP contribution in [0.1, 0.15) is 51.6 Å². The van der Waals surface area contributed by atoms with Gasteiger partial charge in [-0.3, -0.25) is 9.13 Å². The van der Waals surface area contributed by atoms with Gasteiger partial charge in [0.1, 0.15) is 12.5 Å². The summed E-state index contributed by atoms with van der Waals surface area (Å²) in [6.07, 6.45) is -3.70. The van der Waals surface area contributed by atoms with E-state index in [4.69, 9.17) is 4.74 Å². The van der Waals surface area contributed by atoms with Crippen molar-refractivity contribution in [3.05, 3.63) is 28.2 Å². The van der Waals surface area contributed by atoms with E-state index in [1.165, 1.54) is 6.07 Å². The van der Waals surface area contributed by atoms with E-state index in [0.717, 1.165) is 15.2 Å². The van der Waals surface area contributed by atoms with Gasteiger partial charge < -0.3 is 14.9 Å². The predicted molar refractivity (Wildman–Crippen MR) is 97.3 cm³/mol. The zero-order valence-corrected chi connectivity index (χ0v) is 16.1. The van der Waals surface area contributed by atoms with Crippen molar-refractivity contribution in [1.82, 2.24) is 9.13 Å². The minimum Gasteiger partial charge on any atom is -0.493 e. The monoisotopic (exact) mass is 402 g/mol. The molecule has 1 aliphatic rings. The molecule has 156 valence electrons. The van der Waals surface area contributed by atoms with Crippen LogP contribution in [0, 0.1) is 5.92 Å². The molecule has 0 radical (unpaired) electrons. The van der Waals surface area contributed by atoms with Crippen molar-refractivity contribution in [3.8, 4) is 5.75 Å². The van der Waals surface area contributed by atoms with Crippen molar-refractivity contribution in [3.63, 3.8) is 0 Å². The van der Waals surface area contributed by atoms with Crippen LogP contribution in [0.3, 0.4) is 0 Å². The summed E-state index contributed by atoms with van der Waals surface area (Å²) in [5.41, 5.74) is -3.06. The fourth-order valence-electron chi connectivity index (χ4n) is 3.71. The molecule has 2 aromatic rings. The van der Waals surface area contributed by atoms with Crippen LogP contribution in [-0.4, -0.2) is 31.6 Å². The van der Waals surface area contributed by atoms with Gasteiger partial charge in [0.25, 0.3) is 0 Å². The molecule has 0 atom stereocenters. The maximum atomic E-state index is 13.8. The Morgan fingerprint density at radius 3 is 2.46 bits per heavy atom. The standard InChI is InChI=1S/C19H25F3N2O4/c1-11(2)4-5-28-13-6-14(19(20,21)22)16-15(7-13)23(10-25)17(26)24(16)12-8-18(3,27)9-12/h6-7,11-12,25,27H,4-5,8-10H2,1-3H3/t12-,18+. The molecule has 0 spiro atoms. The SMILES string of the molecule is CC(C)CCOc1cc(C(F)(F)F)c2c(c1)n(CO)c(=O)n2[C@H]1C[C@@](C)(O)C1. The molecule has 1 aromatic carbocycles. The number of benzene rings is 1. The van der Waals surface area contributed by atoms with Crippen molar-refractivity contribution in [2.75, 3.05) is 6.61 Å². The first-order chi connectivity index (χ1) is 12.9. The first-order valence-corrected chi connectivity index (χ1v) is 9.26. The topological polar surface area (TPSA) is 76.6 Å². The molecule has 3 rings (SSSR count). The number of alkyl halides is 3. The van der Waals surface area contributed by atoms with Gasteiger partial charge in [0.05, 0.1) is 28.8 Å². The lowest BCUT2D eigenvalue weighted by atomic mass is 9.77. The van der Waals surface area contributed by atoms with E-state index < -0.39 is 35.8 Å². The highest BCUT2D eigenvalue weighted by Crippen LogP contribution is 2.44. The number of aliphatic hydroxyl groups is 2. The van der Waals surface area contributed by atoms with E-state index >= 15 is 0 Å². The summed E-state index contributed by atoms with van der Waals surface area (Å²) in [6, 6.07) is 1.69. The van der Waals surface area contributed by atoms with Crippen molar-refractivity contribution < 1.29 is 28.1 Å². The van der Waals surface area contributed by atoms with E-state index in [1.807, 2.05) is 13.8 Å². The molecule has 0 bridgehead atoms. The number of rotatable bonds is 6. The fourth-order valence-corrected chi connectivity index (χ4v) is 3.71. The highest BCUT2D eigenvalue weighted by molar-refractivity contribution is 5.82. The Bertz CT molecular complexity index is 920. The maximum absolute atomic E-state index is 13.8. The third kappa shape index (κ3) is 3.77. The Morgan fingerprint density at radius 1 is 1.32 bits per heavy atom. The van der Waals surface area contributed by atoms with Crippen LogP contribution in [0.15, 0.2) is 16.9 Å². The van der Waals surface area contributed by atoms with E-state index in [-0.39, 0.29) is 36.2 Å². The van der Waals surface area contributed by atoms with Crippen LogP contribution >= 0.6 is 0 Å². The summed E-state index contributed by atoms with van der Waals surface area (Å²) >= 11 is 0. The van der Waals surface area contributed by atoms with Crippen molar-refractivity contribution >= 4 is 11.0 Å². The zero-order chi connectivity index (χ0) is 20.9. The molecule has 6 nitrogen and oxygen atoms in total. The van der Waals surface area contributed by atoms with Gasteiger partial charge in [-0.15, -0.1) is 0 Å². The van der Waals surface area contributed by atoms with Crippen LogP contribution in [0.2, 0.25) is 0 Å². The van der Waals surface area contributed by atoms with Gasteiger partial charge >= 0.3 is 11.9 Å². The fraction of sp³-hybridized carbons (Fsp3) is 0.632. The van der Waals surface area contributed by atoms with E-state index in [0.29, 0.717) is 12.3 Å². The summed E-state index contributed by atoms with van der Waals surface area (Å²) < 4.78 is 48.9. The number of aliphatic hydroxyl groups excluding tert-OH is 1. The second-order valence-corrected chi connectivity index (χ2v) is 8.15. The largest absolute Gasteiger partial charge is 0.493 e. The number of halogens is 3. The first-order valence-electron chi connectivity index (χ1n) is 9.26. The van der Waals surface area contributed by atoms with Gasteiger partial charge in [-0.25, -0.2) is 4.79 Å². The van der Waals surface area contributed by atoms with Gasteiger partial charge in [0.2, 0.25) is 0 Å². The van der Waals surface area contributed by atoms with Crippen molar-refractivity contribution in [2.24, 2.45) is 5.92 Å². The average molecular weight is 402 g/mol. The third-order valence-electron chi connectivity index (χ3n) is 5.16. The molecule has 1 aliphatic carbocycles. The number of aromatic nitrogens is 2. The van der Waals surface area contributed by atoms with Gasteiger partial charge in [0.15, 0.2) is 0 Å². The lowest BCUT2D eigenvalue weighted by Crippen LogP contribution is -2.45.